The van der Waals surface area contributed by atoms with Gasteiger partial charge in [-0.05, 0) is 32.0 Å². The normalized spacial score (nSPS) is 10.7. The Kier molecular flexibility index (Phi) is 3.85. The van der Waals surface area contributed by atoms with Crippen LogP contribution in [0, 0.1) is 13.8 Å². The van der Waals surface area contributed by atoms with Crippen LogP contribution in [0.1, 0.15) is 11.5 Å². The minimum absolute atomic E-state index is 0.687. The molecule has 0 unspecified atom stereocenters. The van der Waals surface area contributed by atoms with Gasteiger partial charge in [-0.15, -0.1) is 11.3 Å². The Morgan fingerprint density at radius 1 is 1.09 bits per heavy atom. The van der Waals surface area contributed by atoms with Crippen molar-refractivity contribution in [1.29, 1.82) is 0 Å². The summed E-state index contributed by atoms with van der Waals surface area (Å²) in [6, 6.07) is 5.77. The third-order valence-electron chi connectivity index (χ3n) is 3.43. The Morgan fingerprint density at radius 2 is 1.86 bits per heavy atom. The van der Waals surface area contributed by atoms with E-state index in [4.69, 9.17) is 19.0 Å². The monoisotopic (exact) mass is 316 g/mol. The summed E-state index contributed by atoms with van der Waals surface area (Å²) in [5, 5.41) is 6.90. The second-order valence-corrected chi connectivity index (χ2v) is 5.66. The lowest BCUT2D eigenvalue weighted by Crippen LogP contribution is -1.91. The van der Waals surface area contributed by atoms with Crippen molar-refractivity contribution in [2.24, 2.45) is 0 Å². The molecular weight excluding hydrogens is 300 g/mol. The van der Waals surface area contributed by atoms with Crippen molar-refractivity contribution in [3.63, 3.8) is 0 Å². The molecule has 0 aliphatic rings. The van der Waals surface area contributed by atoms with E-state index in [1.165, 1.54) is 0 Å². The van der Waals surface area contributed by atoms with Crippen molar-refractivity contribution >= 4 is 11.3 Å². The lowest BCUT2D eigenvalue weighted by molar-refractivity contribution is 0.355. The fourth-order valence-corrected chi connectivity index (χ4v) is 3.28. The molecule has 6 heteroatoms. The van der Waals surface area contributed by atoms with Crippen LogP contribution in [0.25, 0.3) is 21.8 Å². The molecule has 0 aliphatic carbocycles. The topological polar surface area (TPSA) is 57.4 Å². The first-order valence-corrected chi connectivity index (χ1v) is 7.63. The number of ether oxygens (including phenoxy) is 2. The Labute approximate surface area is 132 Å². The summed E-state index contributed by atoms with van der Waals surface area (Å²) in [6.45, 7) is 3.82. The number of hydrogen-bond acceptors (Lipinski definition) is 6. The molecule has 1 aromatic carbocycles. The maximum absolute atomic E-state index is 5.34. The molecule has 0 spiro atoms. The second-order valence-electron chi connectivity index (χ2n) is 4.81. The van der Waals surface area contributed by atoms with Gasteiger partial charge in [-0.2, -0.15) is 0 Å². The van der Waals surface area contributed by atoms with Crippen LogP contribution in [0.15, 0.2) is 28.1 Å². The van der Waals surface area contributed by atoms with E-state index in [1.54, 1.807) is 25.6 Å². The highest BCUT2D eigenvalue weighted by Gasteiger charge is 2.16. The van der Waals surface area contributed by atoms with E-state index >= 15 is 0 Å². The number of aryl methyl sites for hydroxylation is 2. The highest BCUT2D eigenvalue weighted by molar-refractivity contribution is 7.13. The number of benzene rings is 1. The van der Waals surface area contributed by atoms with Gasteiger partial charge in [0.1, 0.15) is 10.8 Å². The predicted molar refractivity (Wildman–Crippen MR) is 85.6 cm³/mol. The van der Waals surface area contributed by atoms with Gasteiger partial charge in [0.25, 0.3) is 0 Å². The lowest BCUT2D eigenvalue weighted by atomic mass is 10.1. The molecule has 0 saturated heterocycles. The van der Waals surface area contributed by atoms with Gasteiger partial charge in [-0.25, -0.2) is 4.98 Å². The van der Waals surface area contributed by atoms with Crippen molar-refractivity contribution in [2.75, 3.05) is 14.2 Å². The van der Waals surface area contributed by atoms with Gasteiger partial charge < -0.3 is 14.0 Å². The highest BCUT2D eigenvalue weighted by atomic mass is 32.1. The van der Waals surface area contributed by atoms with Gasteiger partial charge in [0.15, 0.2) is 11.5 Å². The fraction of sp³-hybridized carbons (Fsp3) is 0.250. The van der Waals surface area contributed by atoms with Gasteiger partial charge in [0.05, 0.1) is 31.2 Å². The van der Waals surface area contributed by atoms with Crippen LogP contribution in [0.2, 0.25) is 0 Å². The van der Waals surface area contributed by atoms with Crippen LogP contribution in [0.5, 0.6) is 11.5 Å². The minimum Gasteiger partial charge on any atom is -0.493 e. The molecule has 2 heterocycles. The van der Waals surface area contributed by atoms with Gasteiger partial charge in [-0.3, -0.25) is 0 Å². The number of methoxy groups -OCH3 is 2. The first-order chi connectivity index (χ1) is 10.6. The average Bonchev–Trinajstić information content (AvgIpc) is 3.13. The zero-order chi connectivity index (χ0) is 15.7. The van der Waals surface area contributed by atoms with Crippen molar-refractivity contribution in [2.45, 2.75) is 13.8 Å². The van der Waals surface area contributed by atoms with Crippen molar-refractivity contribution in [1.82, 2.24) is 10.1 Å². The van der Waals surface area contributed by atoms with Crippen LogP contribution < -0.4 is 9.47 Å². The summed E-state index contributed by atoms with van der Waals surface area (Å²) in [4.78, 5) is 4.70. The van der Waals surface area contributed by atoms with Gasteiger partial charge in [-0.1, -0.05) is 5.16 Å². The molecular formula is C16H16N2O3S. The third-order valence-corrected chi connectivity index (χ3v) is 4.29. The summed E-state index contributed by atoms with van der Waals surface area (Å²) in [7, 11) is 3.24. The summed E-state index contributed by atoms with van der Waals surface area (Å²) in [6.07, 6.45) is 0. The Hall–Kier alpha value is -2.34. The SMILES string of the molecule is COc1ccc(-c2csc(-c3c(C)noc3C)n2)cc1OC. The average molecular weight is 316 g/mol. The molecule has 3 rings (SSSR count). The first-order valence-electron chi connectivity index (χ1n) is 6.75. The van der Waals surface area contributed by atoms with E-state index in [0.29, 0.717) is 11.5 Å². The van der Waals surface area contributed by atoms with Crippen LogP contribution in [-0.2, 0) is 0 Å². The zero-order valence-electron chi connectivity index (χ0n) is 12.8. The van der Waals surface area contributed by atoms with E-state index in [1.807, 2.05) is 37.4 Å². The zero-order valence-corrected chi connectivity index (χ0v) is 13.7. The maximum atomic E-state index is 5.34. The summed E-state index contributed by atoms with van der Waals surface area (Å²) in [5.41, 5.74) is 3.69. The summed E-state index contributed by atoms with van der Waals surface area (Å²) >= 11 is 1.57. The number of rotatable bonds is 4. The van der Waals surface area contributed by atoms with E-state index in [-0.39, 0.29) is 0 Å². The van der Waals surface area contributed by atoms with E-state index in [0.717, 1.165) is 33.3 Å². The molecule has 0 N–H and O–H groups in total. The molecule has 114 valence electrons. The highest BCUT2D eigenvalue weighted by Crippen LogP contribution is 2.36. The van der Waals surface area contributed by atoms with E-state index in [9.17, 15) is 0 Å². The standard InChI is InChI=1S/C16H16N2O3S/c1-9-15(10(2)21-18-9)16-17-12(8-22-16)11-5-6-13(19-3)14(7-11)20-4/h5-8H,1-4H3. The lowest BCUT2D eigenvalue weighted by Gasteiger charge is -2.08. The molecule has 22 heavy (non-hydrogen) atoms. The van der Waals surface area contributed by atoms with Crippen molar-refractivity contribution < 1.29 is 14.0 Å². The van der Waals surface area contributed by atoms with Crippen LogP contribution in [-0.4, -0.2) is 24.4 Å². The van der Waals surface area contributed by atoms with Crippen molar-refractivity contribution in [3.05, 3.63) is 35.0 Å². The molecule has 0 atom stereocenters. The summed E-state index contributed by atoms with van der Waals surface area (Å²) < 4.78 is 15.8. The first kappa shape index (κ1) is 14.6. The van der Waals surface area contributed by atoms with Crippen molar-refractivity contribution in [3.8, 4) is 33.3 Å². The molecule has 0 radical (unpaired) electrons. The Balaban J connectivity index is 2.01. The minimum atomic E-state index is 0.687. The molecule has 3 aromatic rings. The van der Waals surface area contributed by atoms with Gasteiger partial charge >= 0.3 is 0 Å². The number of nitrogens with zero attached hydrogens (tertiary/aromatic N) is 2. The number of thiazole rings is 1. The number of hydrogen-bond donors (Lipinski definition) is 0. The molecule has 5 nitrogen and oxygen atoms in total. The molecule has 0 amide bonds. The van der Waals surface area contributed by atoms with E-state index < -0.39 is 0 Å². The predicted octanol–water partition coefficient (Wildman–Crippen LogP) is 4.10. The van der Waals surface area contributed by atoms with Crippen LogP contribution >= 0.6 is 11.3 Å². The Morgan fingerprint density at radius 3 is 2.50 bits per heavy atom. The van der Waals surface area contributed by atoms with Crippen LogP contribution in [0.3, 0.4) is 0 Å². The largest absolute Gasteiger partial charge is 0.493 e. The molecule has 2 aromatic heterocycles. The molecule has 0 fully saturated rings. The molecule has 0 aliphatic heterocycles. The molecule has 0 bridgehead atoms. The fourth-order valence-electron chi connectivity index (χ4n) is 2.31. The summed E-state index contributed by atoms with van der Waals surface area (Å²) in [5.74, 6) is 2.17. The van der Waals surface area contributed by atoms with E-state index in [2.05, 4.69) is 5.16 Å². The second kappa shape index (κ2) is 5.81. The van der Waals surface area contributed by atoms with Gasteiger partial charge in [0, 0.05) is 10.9 Å². The smallest absolute Gasteiger partial charge is 0.161 e. The Bertz CT molecular complexity index is 788. The third kappa shape index (κ3) is 2.46. The number of aromatic nitrogens is 2. The maximum Gasteiger partial charge on any atom is 0.161 e. The van der Waals surface area contributed by atoms with Crippen LogP contribution in [0.4, 0.5) is 0 Å². The molecule has 0 saturated carbocycles. The quantitative estimate of drug-likeness (QED) is 0.725. The van der Waals surface area contributed by atoms with Gasteiger partial charge in [0.2, 0.25) is 0 Å².